The summed E-state index contributed by atoms with van der Waals surface area (Å²) in [6.07, 6.45) is 0. The summed E-state index contributed by atoms with van der Waals surface area (Å²) in [6, 6.07) is 49.0. The van der Waals surface area contributed by atoms with E-state index < -0.39 is 0 Å². The van der Waals surface area contributed by atoms with E-state index in [4.69, 9.17) is 0 Å². The van der Waals surface area contributed by atoms with Crippen LogP contribution in [0.4, 0.5) is 17.1 Å². The van der Waals surface area contributed by atoms with Crippen LogP contribution in [0.15, 0.2) is 133 Å². The lowest BCUT2D eigenvalue weighted by molar-refractivity contribution is 0.660. The van der Waals surface area contributed by atoms with E-state index in [0.717, 1.165) is 11.4 Å². The molecule has 1 aliphatic carbocycles. The van der Waals surface area contributed by atoms with Crippen LogP contribution in [0.2, 0.25) is 0 Å². The Kier molecular flexibility index (Phi) is 5.64. The average molecular weight is 555 g/mol. The van der Waals surface area contributed by atoms with Gasteiger partial charge in [0, 0.05) is 38.9 Å². The Balaban J connectivity index is 1.28. The molecule has 2 nitrogen and oxygen atoms in total. The van der Waals surface area contributed by atoms with Crippen molar-refractivity contribution in [3.8, 4) is 16.8 Å². The molecule has 2 heteroatoms. The van der Waals surface area contributed by atoms with E-state index in [1.54, 1.807) is 0 Å². The van der Waals surface area contributed by atoms with Crippen LogP contribution >= 0.6 is 0 Å². The minimum Gasteiger partial charge on any atom is -0.310 e. The predicted molar refractivity (Wildman–Crippen MR) is 183 cm³/mol. The zero-order valence-corrected chi connectivity index (χ0v) is 25.1. The number of rotatable bonds is 4. The van der Waals surface area contributed by atoms with Crippen LogP contribution in [0.1, 0.15) is 36.1 Å². The summed E-state index contributed by atoms with van der Waals surface area (Å²) in [5, 5.41) is 2.63. The molecule has 0 saturated heterocycles. The van der Waals surface area contributed by atoms with Crippen LogP contribution in [0.3, 0.4) is 0 Å². The Bertz CT molecular complexity index is 2070. The van der Waals surface area contributed by atoms with Crippen LogP contribution in [0.25, 0.3) is 38.6 Å². The number of aryl methyl sites for hydroxylation is 2. The fourth-order valence-corrected chi connectivity index (χ4v) is 7.12. The van der Waals surface area contributed by atoms with Crippen molar-refractivity contribution >= 4 is 38.9 Å². The molecule has 6 aromatic carbocycles. The summed E-state index contributed by atoms with van der Waals surface area (Å²) < 4.78 is 2.45. The summed E-state index contributed by atoms with van der Waals surface area (Å²) in [7, 11) is 0. The molecule has 8 rings (SSSR count). The average Bonchev–Trinajstić information content (AvgIpc) is 3.45. The van der Waals surface area contributed by atoms with Crippen LogP contribution in [-0.4, -0.2) is 4.57 Å². The van der Waals surface area contributed by atoms with Crippen molar-refractivity contribution in [1.29, 1.82) is 0 Å². The van der Waals surface area contributed by atoms with Crippen molar-refractivity contribution in [1.82, 2.24) is 4.57 Å². The van der Waals surface area contributed by atoms with Crippen LogP contribution in [0, 0.1) is 13.8 Å². The number of hydrogen-bond acceptors (Lipinski definition) is 1. The van der Waals surface area contributed by atoms with Crippen LogP contribution in [-0.2, 0) is 5.41 Å². The van der Waals surface area contributed by atoms with Gasteiger partial charge in [0.25, 0.3) is 0 Å². The van der Waals surface area contributed by atoms with Crippen LogP contribution in [0.5, 0.6) is 0 Å². The minimum absolute atomic E-state index is 0.151. The lowest BCUT2D eigenvalue weighted by Gasteiger charge is -2.28. The predicted octanol–water partition coefficient (Wildman–Crippen LogP) is 11.2. The van der Waals surface area contributed by atoms with Gasteiger partial charge in [-0.1, -0.05) is 85.6 Å². The summed E-state index contributed by atoms with van der Waals surface area (Å²) in [6.45, 7) is 9.11. The first-order valence-corrected chi connectivity index (χ1v) is 15.1. The largest absolute Gasteiger partial charge is 0.310 e. The van der Waals surface area contributed by atoms with E-state index in [0.29, 0.717) is 0 Å². The standard InChI is InChI=1S/C41H34N2/c1-27-15-21-39-35(23-27)36-24-28(2)16-22-40(36)43(39)32-18-20-34-33-19-17-31(25-37(33)41(3,4)38(34)26-32)42(29-11-7-5-8-12-29)30-13-9-6-10-14-30/h5-26H,1-4H3. The van der Waals surface area contributed by atoms with Gasteiger partial charge in [-0.2, -0.15) is 0 Å². The van der Waals surface area contributed by atoms with Gasteiger partial charge in [0.15, 0.2) is 0 Å². The molecule has 43 heavy (non-hydrogen) atoms. The van der Waals surface area contributed by atoms with Gasteiger partial charge >= 0.3 is 0 Å². The van der Waals surface area contributed by atoms with Gasteiger partial charge < -0.3 is 9.47 Å². The summed E-state index contributed by atoms with van der Waals surface area (Å²) in [5.74, 6) is 0. The van der Waals surface area contributed by atoms with Crippen molar-refractivity contribution in [3.05, 3.63) is 156 Å². The van der Waals surface area contributed by atoms with Crippen molar-refractivity contribution < 1.29 is 0 Å². The smallest absolute Gasteiger partial charge is 0.0541 e. The van der Waals surface area contributed by atoms with Crippen molar-refractivity contribution in [2.24, 2.45) is 0 Å². The first kappa shape index (κ1) is 25.6. The Hall–Kier alpha value is -5.08. The van der Waals surface area contributed by atoms with Crippen molar-refractivity contribution in [2.75, 3.05) is 4.90 Å². The molecule has 0 fully saturated rings. The molecule has 1 aromatic heterocycles. The van der Waals surface area contributed by atoms with Gasteiger partial charge in [0.2, 0.25) is 0 Å². The molecule has 0 amide bonds. The maximum absolute atomic E-state index is 2.45. The molecular formula is C41H34N2. The highest BCUT2D eigenvalue weighted by atomic mass is 15.1. The highest BCUT2D eigenvalue weighted by Gasteiger charge is 2.36. The Morgan fingerprint density at radius 2 is 1.00 bits per heavy atom. The molecule has 0 aliphatic heterocycles. The molecule has 208 valence electrons. The van der Waals surface area contributed by atoms with E-state index in [1.807, 2.05) is 0 Å². The van der Waals surface area contributed by atoms with E-state index in [-0.39, 0.29) is 5.41 Å². The molecular weight excluding hydrogens is 520 g/mol. The first-order chi connectivity index (χ1) is 20.9. The summed E-state index contributed by atoms with van der Waals surface area (Å²) in [4.78, 5) is 2.35. The number of nitrogens with zero attached hydrogens (tertiary/aromatic N) is 2. The fraction of sp³-hybridized carbons (Fsp3) is 0.122. The molecule has 0 bridgehead atoms. The van der Waals surface area contributed by atoms with Crippen molar-refractivity contribution in [3.63, 3.8) is 0 Å². The fourth-order valence-electron chi connectivity index (χ4n) is 7.12. The van der Waals surface area contributed by atoms with E-state index >= 15 is 0 Å². The zero-order chi connectivity index (χ0) is 29.3. The molecule has 0 atom stereocenters. The second kappa shape index (κ2) is 9.47. The summed E-state index contributed by atoms with van der Waals surface area (Å²) >= 11 is 0. The van der Waals surface area contributed by atoms with E-state index in [1.165, 1.54) is 66.6 Å². The van der Waals surface area contributed by atoms with Gasteiger partial charge in [0.1, 0.15) is 0 Å². The van der Waals surface area contributed by atoms with Gasteiger partial charge in [0.05, 0.1) is 11.0 Å². The van der Waals surface area contributed by atoms with E-state index in [9.17, 15) is 0 Å². The first-order valence-electron chi connectivity index (χ1n) is 15.1. The molecule has 1 heterocycles. The number of fused-ring (bicyclic) bond motifs is 6. The number of anilines is 3. The highest BCUT2D eigenvalue weighted by Crippen LogP contribution is 2.51. The third kappa shape index (κ3) is 3.94. The topological polar surface area (TPSA) is 8.17 Å². The molecule has 0 N–H and O–H groups in total. The third-order valence-electron chi connectivity index (χ3n) is 9.26. The maximum Gasteiger partial charge on any atom is 0.0541 e. The zero-order valence-electron chi connectivity index (χ0n) is 25.1. The van der Waals surface area contributed by atoms with Gasteiger partial charge in [-0.3, -0.25) is 0 Å². The monoisotopic (exact) mass is 554 g/mol. The Morgan fingerprint density at radius 3 is 1.56 bits per heavy atom. The molecule has 0 unspecified atom stereocenters. The normalized spacial score (nSPS) is 13.3. The number of benzene rings is 6. The third-order valence-corrected chi connectivity index (χ3v) is 9.26. The maximum atomic E-state index is 2.45. The second-order valence-corrected chi connectivity index (χ2v) is 12.5. The minimum atomic E-state index is -0.151. The van der Waals surface area contributed by atoms with Crippen molar-refractivity contribution in [2.45, 2.75) is 33.1 Å². The number of aromatic nitrogens is 1. The number of para-hydroxylation sites is 2. The Labute approximate surface area is 253 Å². The van der Waals surface area contributed by atoms with Gasteiger partial charge in [-0.25, -0.2) is 0 Å². The lowest BCUT2D eigenvalue weighted by Crippen LogP contribution is -2.17. The quantitative estimate of drug-likeness (QED) is 0.210. The lowest BCUT2D eigenvalue weighted by atomic mass is 9.82. The molecule has 0 saturated carbocycles. The SMILES string of the molecule is Cc1ccc2c(c1)c1cc(C)ccc1n2-c1ccc2c(c1)C(C)(C)c1cc(N(c3ccccc3)c3ccccc3)ccc1-2. The highest BCUT2D eigenvalue weighted by molar-refractivity contribution is 6.09. The van der Waals surface area contributed by atoms with Crippen LogP contribution < -0.4 is 4.90 Å². The molecule has 1 aliphatic rings. The molecule has 0 spiro atoms. The summed E-state index contributed by atoms with van der Waals surface area (Å²) in [5.41, 5.74) is 15.0. The number of hydrogen-bond donors (Lipinski definition) is 0. The molecule has 0 radical (unpaired) electrons. The van der Waals surface area contributed by atoms with Gasteiger partial charge in [-0.15, -0.1) is 0 Å². The van der Waals surface area contributed by atoms with E-state index in [2.05, 4.69) is 171 Å². The molecule has 7 aromatic rings. The van der Waals surface area contributed by atoms with Gasteiger partial charge in [-0.05, 0) is 109 Å². The Morgan fingerprint density at radius 1 is 0.488 bits per heavy atom. The second-order valence-electron chi connectivity index (χ2n) is 12.5.